The first kappa shape index (κ1) is 29.0. The molecule has 0 spiro atoms. The zero-order chi connectivity index (χ0) is 31.0. The first-order valence-electron chi connectivity index (χ1n) is 14.2. The van der Waals surface area contributed by atoms with Gasteiger partial charge in [-0.25, -0.2) is 23.2 Å². The highest BCUT2D eigenvalue weighted by Gasteiger charge is 2.37. The Morgan fingerprint density at radius 3 is 2.42 bits per heavy atom. The number of aliphatic hydroxyl groups is 1. The maximum Gasteiger partial charge on any atom is 0.338 e. The van der Waals surface area contributed by atoms with Crippen LogP contribution in [0.15, 0.2) is 47.7 Å². The van der Waals surface area contributed by atoms with Crippen LogP contribution in [0.2, 0.25) is 0 Å². The van der Waals surface area contributed by atoms with Crippen LogP contribution in [0.1, 0.15) is 56.1 Å². The maximum atomic E-state index is 15.4. The fourth-order valence-corrected chi connectivity index (χ4v) is 5.88. The second-order valence-corrected chi connectivity index (χ2v) is 12.2. The van der Waals surface area contributed by atoms with Crippen molar-refractivity contribution in [2.45, 2.75) is 66.0 Å². The van der Waals surface area contributed by atoms with Gasteiger partial charge in [-0.3, -0.25) is 13.8 Å². The van der Waals surface area contributed by atoms with Crippen LogP contribution in [0.25, 0.3) is 28.1 Å². The molecule has 5 aromatic rings. The second kappa shape index (κ2) is 10.2. The van der Waals surface area contributed by atoms with E-state index in [1.54, 1.807) is 60.9 Å². The molecule has 1 unspecified atom stereocenters. The fourth-order valence-electron chi connectivity index (χ4n) is 5.88. The molecule has 0 bridgehead atoms. The average Bonchev–Trinajstić information content (AvgIpc) is 3.60. The third kappa shape index (κ3) is 4.89. The number of halogens is 2. The van der Waals surface area contributed by atoms with Crippen molar-refractivity contribution in [3.8, 4) is 17.2 Å². The molecule has 12 heteroatoms. The summed E-state index contributed by atoms with van der Waals surface area (Å²) >= 11 is 0. The van der Waals surface area contributed by atoms with E-state index in [4.69, 9.17) is 9.84 Å². The third-order valence-electron chi connectivity index (χ3n) is 7.98. The molecule has 0 saturated heterocycles. The lowest BCUT2D eigenvalue weighted by molar-refractivity contribution is -0.249. The van der Waals surface area contributed by atoms with Gasteiger partial charge in [0.05, 0.1) is 34.4 Å². The average molecular weight is 592 g/mol. The van der Waals surface area contributed by atoms with Crippen LogP contribution in [0.4, 0.5) is 8.78 Å². The molecule has 0 fully saturated rings. The first-order valence-corrected chi connectivity index (χ1v) is 14.2. The monoisotopic (exact) mass is 591 g/mol. The van der Waals surface area contributed by atoms with Crippen LogP contribution in [-0.4, -0.2) is 57.3 Å². The molecule has 43 heavy (non-hydrogen) atoms. The predicted molar refractivity (Wildman–Crippen MR) is 158 cm³/mol. The number of aromatic nitrogens is 6. The Hall–Kier alpha value is -4.13. The highest BCUT2D eigenvalue weighted by molar-refractivity contribution is 5.81. The summed E-state index contributed by atoms with van der Waals surface area (Å²) in [6.45, 7) is 11.3. The van der Waals surface area contributed by atoms with Gasteiger partial charge in [-0.1, -0.05) is 0 Å². The SMILES string of the molecule is Cc1cc(-n2nc3c(c2-n2ccn(-c4cc5cnn(C)c5cc4F)c2=O)[C@H](C)N(C(O)OC(C)(C)C)CC3)cc(C)c1F. The molecule has 0 radical (unpaired) electrons. The molecule has 0 aliphatic carbocycles. The lowest BCUT2D eigenvalue weighted by Crippen LogP contribution is -2.46. The van der Waals surface area contributed by atoms with Crippen molar-refractivity contribution in [2.75, 3.05) is 6.54 Å². The van der Waals surface area contributed by atoms with E-state index >= 15 is 4.39 Å². The van der Waals surface area contributed by atoms with Crippen molar-refractivity contribution >= 4 is 10.9 Å². The number of hydrogen-bond acceptors (Lipinski definition) is 6. The van der Waals surface area contributed by atoms with Crippen molar-refractivity contribution in [3.63, 3.8) is 0 Å². The molecule has 3 aromatic heterocycles. The summed E-state index contributed by atoms with van der Waals surface area (Å²) < 4.78 is 41.7. The fraction of sp³-hybridized carbons (Fsp3) is 0.387. The van der Waals surface area contributed by atoms with Crippen molar-refractivity contribution < 1.29 is 18.6 Å². The predicted octanol–water partition coefficient (Wildman–Crippen LogP) is 4.61. The maximum absolute atomic E-state index is 15.4. The molecule has 1 aliphatic rings. The number of hydrogen-bond donors (Lipinski definition) is 1. The van der Waals surface area contributed by atoms with E-state index in [2.05, 4.69) is 5.10 Å². The smallest absolute Gasteiger partial charge is 0.338 e. The van der Waals surface area contributed by atoms with Gasteiger partial charge in [-0.15, -0.1) is 0 Å². The number of fused-ring (bicyclic) bond motifs is 2. The number of aliphatic hydroxyl groups excluding tert-OH is 1. The summed E-state index contributed by atoms with van der Waals surface area (Å²) in [4.78, 5) is 15.9. The Morgan fingerprint density at radius 1 is 1.07 bits per heavy atom. The van der Waals surface area contributed by atoms with E-state index in [-0.39, 0.29) is 11.5 Å². The number of benzene rings is 2. The van der Waals surface area contributed by atoms with E-state index in [1.807, 2.05) is 32.6 Å². The molecule has 6 rings (SSSR count). The van der Waals surface area contributed by atoms with Gasteiger partial charge in [0.1, 0.15) is 17.5 Å². The van der Waals surface area contributed by atoms with E-state index in [0.29, 0.717) is 52.1 Å². The quantitative estimate of drug-likeness (QED) is 0.300. The number of ether oxygens (including phenoxy) is 1. The number of rotatable bonds is 5. The van der Waals surface area contributed by atoms with Gasteiger partial charge in [-0.2, -0.15) is 10.2 Å². The molecule has 226 valence electrons. The Labute approximate surface area is 247 Å². The Kier molecular flexibility index (Phi) is 6.90. The molecule has 2 atom stereocenters. The van der Waals surface area contributed by atoms with E-state index in [1.165, 1.54) is 21.4 Å². The Bertz CT molecular complexity index is 1900. The van der Waals surface area contributed by atoms with Crippen molar-refractivity contribution in [3.05, 3.63) is 87.4 Å². The number of aryl methyl sites for hydroxylation is 3. The third-order valence-corrected chi connectivity index (χ3v) is 7.98. The van der Waals surface area contributed by atoms with Crippen LogP contribution >= 0.6 is 0 Å². The molecule has 1 N–H and O–H groups in total. The van der Waals surface area contributed by atoms with Crippen LogP contribution in [-0.2, 0) is 18.2 Å². The molecular weight excluding hydrogens is 556 g/mol. The Balaban J connectivity index is 1.55. The molecular formula is C31H35F2N7O3. The highest BCUT2D eigenvalue weighted by atomic mass is 19.1. The summed E-state index contributed by atoms with van der Waals surface area (Å²) in [6.07, 6.45) is 3.98. The molecule has 10 nitrogen and oxygen atoms in total. The van der Waals surface area contributed by atoms with E-state index in [0.717, 1.165) is 5.69 Å². The van der Waals surface area contributed by atoms with Crippen LogP contribution < -0.4 is 5.69 Å². The standard InChI is InChI=1S/C31H35F2N7O3/c1-17-12-21(13-18(2)27(17)33)40-28(26-19(3)37(9-8-23(26)35-40)30(42)43-31(4,5)6)39-11-10-38(29(39)41)25-14-20-16-34-36(7)24(20)15-22(25)32/h10-16,19,30,42H,8-9H2,1-7H3/t19-,30?/m0/s1. The summed E-state index contributed by atoms with van der Waals surface area (Å²) in [6, 6.07) is 5.90. The van der Waals surface area contributed by atoms with Crippen molar-refractivity contribution in [2.24, 2.45) is 7.05 Å². The van der Waals surface area contributed by atoms with Gasteiger partial charge < -0.3 is 9.84 Å². The molecule has 4 heterocycles. The van der Waals surface area contributed by atoms with Gasteiger partial charge in [0.2, 0.25) is 6.41 Å². The van der Waals surface area contributed by atoms with Gasteiger partial charge in [0.25, 0.3) is 0 Å². The van der Waals surface area contributed by atoms with Gasteiger partial charge >= 0.3 is 5.69 Å². The zero-order valence-electron chi connectivity index (χ0n) is 25.3. The number of imidazole rings is 1. The van der Waals surface area contributed by atoms with Crippen LogP contribution in [0.5, 0.6) is 0 Å². The lowest BCUT2D eigenvalue weighted by Gasteiger charge is -2.38. The zero-order valence-corrected chi connectivity index (χ0v) is 25.3. The minimum Gasteiger partial charge on any atom is -0.356 e. The highest BCUT2D eigenvalue weighted by Crippen LogP contribution is 2.37. The minimum atomic E-state index is -1.20. The van der Waals surface area contributed by atoms with Crippen LogP contribution in [0.3, 0.4) is 0 Å². The van der Waals surface area contributed by atoms with E-state index < -0.39 is 29.6 Å². The minimum absolute atomic E-state index is 0.0846. The summed E-state index contributed by atoms with van der Waals surface area (Å²) in [5.74, 6) is -0.459. The van der Waals surface area contributed by atoms with Gasteiger partial charge in [0.15, 0.2) is 0 Å². The summed E-state index contributed by atoms with van der Waals surface area (Å²) in [5, 5.41) is 20.8. The first-order chi connectivity index (χ1) is 20.2. The lowest BCUT2D eigenvalue weighted by atomic mass is 9.99. The molecule has 0 amide bonds. The second-order valence-electron chi connectivity index (χ2n) is 12.2. The van der Waals surface area contributed by atoms with Gasteiger partial charge in [-0.05, 0) is 70.9 Å². The molecule has 0 saturated carbocycles. The van der Waals surface area contributed by atoms with Gasteiger partial charge in [0, 0.05) is 55.5 Å². The van der Waals surface area contributed by atoms with E-state index in [9.17, 15) is 14.3 Å². The molecule has 1 aliphatic heterocycles. The van der Waals surface area contributed by atoms with Crippen molar-refractivity contribution in [1.29, 1.82) is 0 Å². The summed E-state index contributed by atoms with van der Waals surface area (Å²) in [7, 11) is 1.72. The molecule has 2 aromatic carbocycles. The number of nitrogens with zero attached hydrogens (tertiary/aromatic N) is 7. The topological polar surface area (TPSA) is 95.3 Å². The largest absolute Gasteiger partial charge is 0.356 e. The van der Waals surface area contributed by atoms with Crippen LogP contribution in [0, 0.1) is 25.5 Å². The van der Waals surface area contributed by atoms with Crippen molar-refractivity contribution in [1.82, 2.24) is 33.6 Å². The Morgan fingerprint density at radius 2 is 1.74 bits per heavy atom. The summed E-state index contributed by atoms with van der Waals surface area (Å²) in [5.41, 5.74) is 2.49. The normalized spacial score (nSPS) is 16.7.